The molecule has 0 saturated heterocycles. The van der Waals surface area contributed by atoms with Gasteiger partial charge in [-0.2, -0.15) is 0 Å². The normalized spacial score (nSPS) is 10.4. The van der Waals surface area contributed by atoms with Crippen LogP contribution in [0, 0.1) is 20.8 Å². The molecule has 1 N–H and O–H groups in total. The van der Waals surface area contributed by atoms with E-state index in [2.05, 4.69) is 26.2 Å². The fraction of sp³-hybridized carbons (Fsp3) is 0.231. The molecule has 0 bridgehead atoms. The second kappa shape index (κ2) is 4.94. The first-order valence-corrected chi connectivity index (χ1v) is 6.27. The maximum atomic E-state index is 12.0. The molecule has 0 unspecified atom stereocenters. The van der Waals surface area contributed by atoms with Gasteiger partial charge >= 0.3 is 0 Å². The molecule has 1 amide bonds. The third kappa shape index (κ3) is 2.61. The van der Waals surface area contributed by atoms with Crippen molar-refractivity contribution in [3.05, 3.63) is 45.4 Å². The highest BCUT2D eigenvalue weighted by molar-refractivity contribution is 9.10. The van der Waals surface area contributed by atoms with Crippen molar-refractivity contribution in [2.45, 2.75) is 20.8 Å². The summed E-state index contributed by atoms with van der Waals surface area (Å²) in [6, 6.07) is 3.53. The molecule has 0 aliphatic heterocycles. The van der Waals surface area contributed by atoms with Crippen LogP contribution in [0.2, 0.25) is 0 Å². The van der Waals surface area contributed by atoms with Crippen LogP contribution < -0.4 is 5.32 Å². The van der Waals surface area contributed by atoms with Gasteiger partial charge in [-0.05, 0) is 54.4 Å². The molecule has 5 heteroatoms. The molecule has 4 nitrogen and oxygen atoms in total. The molecule has 0 radical (unpaired) electrons. The zero-order valence-corrected chi connectivity index (χ0v) is 12.0. The Balaban J connectivity index is 2.21. The summed E-state index contributed by atoms with van der Waals surface area (Å²) in [4.78, 5) is 16.2. The molecule has 0 aromatic carbocycles. The quantitative estimate of drug-likeness (QED) is 0.922. The van der Waals surface area contributed by atoms with Crippen molar-refractivity contribution in [2.75, 3.05) is 5.32 Å². The number of nitrogens with one attached hydrogen (secondary N) is 1. The van der Waals surface area contributed by atoms with Crippen LogP contribution in [0.4, 0.5) is 5.82 Å². The largest absolute Gasteiger partial charge is 0.466 e. The van der Waals surface area contributed by atoms with E-state index in [-0.39, 0.29) is 5.91 Å². The molecule has 2 heterocycles. The van der Waals surface area contributed by atoms with Gasteiger partial charge in [0.2, 0.25) is 0 Å². The van der Waals surface area contributed by atoms with Crippen molar-refractivity contribution in [1.29, 1.82) is 0 Å². The molecule has 2 aromatic heterocycles. The van der Waals surface area contributed by atoms with E-state index in [9.17, 15) is 4.79 Å². The van der Waals surface area contributed by atoms with Gasteiger partial charge in [0.1, 0.15) is 17.3 Å². The van der Waals surface area contributed by atoms with Crippen molar-refractivity contribution < 1.29 is 9.21 Å². The number of hydrogen-bond acceptors (Lipinski definition) is 3. The number of rotatable bonds is 2. The fourth-order valence-corrected chi connectivity index (χ4v) is 1.86. The van der Waals surface area contributed by atoms with Gasteiger partial charge in [0, 0.05) is 10.7 Å². The van der Waals surface area contributed by atoms with Gasteiger partial charge in [-0.3, -0.25) is 4.79 Å². The molecule has 0 aliphatic rings. The molecular formula is C13H13BrN2O2. The van der Waals surface area contributed by atoms with E-state index in [1.165, 1.54) is 0 Å². The lowest BCUT2D eigenvalue weighted by Crippen LogP contribution is -2.13. The van der Waals surface area contributed by atoms with Crippen LogP contribution in [0.15, 0.2) is 27.2 Å². The zero-order valence-electron chi connectivity index (χ0n) is 10.4. The minimum absolute atomic E-state index is 0.210. The average Bonchev–Trinajstić information content (AvgIpc) is 2.63. The average molecular weight is 309 g/mol. The van der Waals surface area contributed by atoms with Gasteiger partial charge in [-0.1, -0.05) is 0 Å². The third-order valence-corrected chi connectivity index (χ3v) is 3.40. The van der Waals surface area contributed by atoms with Crippen molar-refractivity contribution in [3.63, 3.8) is 0 Å². The predicted molar refractivity (Wildman–Crippen MR) is 72.8 cm³/mol. The van der Waals surface area contributed by atoms with Gasteiger partial charge < -0.3 is 9.73 Å². The second-order valence-corrected chi connectivity index (χ2v) is 4.95. The van der Waals surface area contributed by atoms with E-state index in [1.807, 2.05) is 19.9 Å². The van der Waals surface area contributed by atoms with E-state index in [4.69, 9.17) is 4.42 Å². The fourth-order valence-electron chi connectivity index (χ4n) is 1.65. The van der Waals surface area contributed by atoms with Crippen LogP contribution in [0.3, 0.4) is 0 Å². The van der Waals surface area contributed by atoms with E-state index in [1.54, 1.807) is 19.2 Å². The Morgan fingerprint density at radius 2 is 2.06 bits per heavy atom. The van der Waals surface area contributed by atoms with E-state index < -0.39 is 0 Å². The van der Waals surface area contributed by atoms with Gasteiger partial charge in [-0.25, -0.2) is 4.98 Å². The monoisotopic (exact) mass is 308 g/mol. The summed E-state index contributed by atoms with van der Waals surface area (Å²) in [6.07, 6.45) is 1.67. The highest BCUT2D eigenvalue weighted by Crippen LogP contribution is 2.19. The SMILES string of the molecule is Cc1cc(C(=O)Nc2cc(C)c(Br)cn2)c(C)o1. The smallest absolute Gasteiger partial charge is 0.260 e. The standard InChI is InChI=1S/C13H13BrN2O2/c1-7-4-12(15-6-11(7)14)16-13(17)10-5-8(2)18-9(10)3/h4-6H,1-3H3,(H,15,16,17). The lowest BCUT2D eigenvalue weighted by molar-refractivity contribution is 0.102. The molecule has 0 spiro atoms. The summed E-state index contributed by atoms with van der Waals surface area (Å²) in [5, 5.41) is 2.75. The Kier molecular flexibility index (Phi) is 3.52. The number of aromatic nitrogens is 1. The number of furan rings is 1. The summed E-state index contributed by atoms with van der Waals surface area (Å²) in [5.41, 5.74) is 1.55. The lowest BCUT2D eigenvalue weighted by Gasteiger charge is -2.05. The summed E-state index contributed by atoms with van der Waals surface area (Å²) in [7, 11) is 0. The first-order valence-electron chi connectivity index (χ1n) is 5.48. The summed E-state index contributed by atoms with van der Waals surface area (Å²) >= 11 is 3.37. The van der Waals surface area contributed by atoms with Gasteiger partial charge in [0.25, 0.3) is 5.91 Å². The maximum absolute atomic E-state index is 12.0. The number of hydrogen-bond donors (Lipinski definition) is 1. The van der Waals surface area contributed by atoms with Crippen molar-refractivity contribution >= 4 is 27.7 Å². The highest BCUT2D eigenvalue weighted by Gasteiger charge is 2.14. The van der Waals surface area contributed by atoms with Crippen LogP contribution in [-0.4, -0.2) is 10.9 Å². The minimum Gasteiger partial charge on any atom is -0.466 e. The topological polar surface area (TPSA) is 55.1 Å². The summed E-state index contributed by atoms with van der Waals surface area (Å²) in [5.74, 6) is 1.65. The Morgan fingerprint density at radius 1 is 1.33 bits per heavy atom. The molecular weight excluding hydrogens is 296 g/mol. The predicted octanol–water partition coefficient (Wildman–Crippen LogP) is 3.61. The Hall–Kier alpha value is -1.62. The van der Waals surface area contributed by atoms with Gasteiger partial charge in [0.15, 0.2) is 0 Å². The minimum atomic E-state index is -0.210. The van der Waals surface area contributed by atoms with E-state index in [0.717, 1.165) is 15.8 Å². The second-order valence-electron chi connectivity index (χ2n) is 4.10. The number of carbonyl (C=O) groups excluding carboxylic acids is 1. The number of anilines is 1. The number of aryl methyl sites for hydroxylation is 3. The Labute approximate surface area is 114 Å². The molecule has 0 atom stereocenters. The van der Waals surface area contributed by atoms with E-state index in [0.29, 0.717) is 17.1 Å². The third-order valence-electron chi connectivity index (χ3n) is 2.57. The molecule has 2 aromatic rings. The number of carbonyl (C=O) groups is 1. The molecule has 2 rings (SSSR count). The zero-order chi connectivity index (χ0) is 13.3. The lowest BCUT2D eigenvalue weighted by atomic mass is 10.2. The van der Waals surface area contributed by atoms with Crippen molar-refractivity contribution in [1.82, 2.24) is 4.98 Å². The van der Waals surface area contributed by atoms with Crippen LogP contribution >= 0.6 is 15.9 Å². The first-order chi connectivity index (χ1) is 8.47. The van der Waals surface area contributed by atoms with Gasteiger partial charge in [-0.15, -0.1) is 0 Å². The summed E-state index contributed by atoms with van der Waals surface area (Å²) < 4.78 is 6.24. The van der Waals surface area contributed by atoms with Crippen molar-refractivity contribution in [3.8, 4) is 0 Å². The highest BCUT2D eigenvalue weighted by atomic mass is 79.9. The number of nitrogens with zero attached hydrogens (tertiary/aromatic N) is 1. The van der Waals surface area contributed by atoms with Crippen LogP contribution in [-0.2, 0) is 0 Å². The molecule has 18 heavy (non-hydrogen) atoms. The maximum Gasteiger partial charge on any atom is 0.260 e. The number of pyridine rings is 1. The molecule has 0 aliphatic carbocycles. The Bertz CT molecular complexity index is 605. The van der Waals surface area contributed by atoms with Crippen LogP contribution in [0.1, 0.15) is 27.4 Å². The molecule has 94 valence electrons. The number of halogens is 1. The van der Waals surface area contributed by atoms with Crippen LogP contribution in [0.25, 0.3) is 0 Å². The molecule has 0 fully saturated rings. The number of amides is 1. The van der Waals surface area contributed by atoms with Crippen LogP contribution in [0.5, 0.6) is 0 Å². The Morgan fingerprint density at radius 3 is 2.61 bits per heavy atom. The molecule has 0 saturated carbocycles. The van der Waals surface area contributed by atoms with Gasteiger partial charge in [0.05, 0.1) is 5.56 Å². The summed E-state index contributed by atoms with van der Waals surface area (Å²) in [6.45, 7) is 5.52. The van der Waals surface area contributed by atoms with E-state index >= 15 is 0 Å². The van der Waals surface area contributed by atoms with Crippen molar-refractivity contribution in [2.24, 2.45) is 0 Å². The first kappa shape index (κ1) is 12.8.